The van der Waals surface area contributed by atoms with Gasteiger partial charge in [0.1, 0.15) is 11.9 Å². The monoisotopic (exact) mass is 332 g/mol. The highest BCUT2D eigenvalue weighted by molar-refractivity contribution is 5.85. The van der Waals surface area contributed by atoms with Gasteiger partial charge in [-0.3, -0.25) is 4.90 Å². The van der Waals surface area contributed by atoms with Gasteiger partial charge >= 0.3 is 0 Å². The molecule has 2 N–H and O–H groups in total. The molecule has 1 heterocycles. The minimum absolute atomic E-state index is 0. The van der Waals surface area contributed by atoms with Gasteiger partial charge in [0.2, 0.25) is 0 Å². The van der Waals surface area contributed by atoms with E-state index in [1.807, 2.05) is 12.1 Å². The van der Waals surface area contributed by atoms with Crippen LogP contribution in [0, 0.1) is 6.92 Å². The molecule has 124 valence electrons. The summed E-state index contributed by atoms with van der Waals surface area (Å²) in [5, 5.41) is 0. The molecule has 0 amide bonds. The first-order valence-corrected chi connectivity index (χ1v) is 7.99. The molecule has 0 spiro atoms. The summed E-state index contributed by atoms with van der Waals surface area (Å²) in [6.45, 7) is 5.22. The summed E-state index contributed by atoms with van der Waals surface area (Å²) in [4.78, 5) is 2.48. The van der Waals surface area contributed by atoms with E-state index in [9.17, 15) is 0 Å². The second kappa shape index (κ2) is 8.23. The van der Waals surface area contributed by atoms with Crippen molar-refractivity contribution in [3.63, 3.8) is 0 Å². The Morgan fingerprint density at radius 1 is 1.09 bits per heavy atom. The van der Waals surface area contributed by atoms with Crippen LogP contribution in [0.3, 0.4) is 0 Å². The number of aryl methyl sites for hydroxylation is 1. The second-order valence-corrected chi connectivity index (χ2v) is 6.15. The molecule has 2 aromatic carbocycles. The van der Waals surface area contributed by atoms with Crippen molar-refractivity contribution in [2.75, 3.05) is 18.8 Å². The van der Waals surface area contributed by atoms with E-state index in [1.54, 1.807) is 0 Å². The third-order valence-corrected chi connectivity index (χ3v) is 4.22. The summed E-state index contributed by atoms with van der Waals surface area (Å²) >= 11 is 0. The van der Waals surface area contributed by atoms with Gasteiger partial charge in [0.25, 0.3) is 0 Å². The van der Waals surface area contributed by atoms with Crippen LogP contribution in [0.4, 0.5) is 5.69 Å². The molecule has 0 saturated carbocycles. The quantitative estimate of drug-likeness (QED) is 0.859. The number of hydrogen-bond acceptors (Lipinski definition) is 3. The second-order valence-electron chi connectivity index (χ2n) is 6.15. The third kappa shape index (κ3) is 5.15. The highest BCUT2D eigenvalue weighted by atomic mass is 35.5. The highest BCUT2D eigenvalue weighted by Gasteiger charge is 2.20. The normalized spacial score (nSPS) is 15.9. The van der Waals surface area contributed by atoms with E-state index in [1.165, 1.54) is 11.1 Å². The first-order valence-electron chi connectivity index (χ1n) is 7.99. The lowest BCUT2D eigenvalue weighted by Gasteiger charge is -2.32. The Morgan fingerprint density at radius 3 is 2.43 bits per heavy atom. The molecule has 3 nitrogen and oxygen atoms in total. The standard InChI is InChI=1S/C19H24N2O.ClH/c1-15-5-7-18(8-6-15)22-19-9-11-21(12-10-19)14-16-3-2-4-17(20)13-16;/h2-8,13,19H,9-12,14,20H2,1H3;1H. The van der Waals surface area contributed by atoms with Crippen LogP contribution in [0.1, 0.15) is 24.0 Å². The van der Waals surface area contributed by atoms with Crippen molar-refractivity contribution in [2.45, 2.75) is 32.4 Å². The maximum absolute atomic E-state index is 6.08. The minimum atomic E-state index is 0. The molecule has 0 atom stereocenters. The Morgan fingerprint density at radius 2 is 1.78 bits per heavy atom. The van der Waals surface area contributed by atoms with Gasteiger partial charge in [-0.25, -0.2) is 0 Å². The van der Waals surface area contributed by atoms with Crippen LogP contribution >= 0.6 is 12.4 Å². The van der Waals surface area contributed by atoms with Crippen molar-refractivity contribution < 1.29 is 4.74 Å². The summed E-state index contributed by atoms with van der Waals surface area (Å²) < 4.78 is 6.08. The highest BCUT2D eigenvalue weighted by Crippen LogP contribution is 2.21. The summed E-state index contributed by atoms with van der Waals surface area (Å²) in [6, 6.07) is 16.5. The van der Waals surface area contributed by atoms with Crippen molar-refractivity contribution in [3.05, 3.63) is 59.7 Å². The number of ether oxygens (including phenoxy) is 1. The fourth-order valence-corrected chi connectivity index (χ4v) is 2.94. The molecule has 0 bridgehead atoms. The molecule has 1 fully saturated rings. The van der Waals surface area contributed by atoms with Crippen LogP contribution < -0.4 is 10.5 Å². The molecule has 0 unspecified atom stereocenters. The van der Waals surface area contributed by atoms with Gasteiger partial charge in [-0.05, 0) is 49.6 Å². The van der Waals surface area contributed by atoms with Gasteiger partial charge in [0, 0.05) is 25.3 Å². The van der Waals surface area contributed by atoms with E-state index >= 15 is 0 Å². The minimum Gasteiger partial charge on any atom is -0.490 e. The van der Waals surface area contributed by atoms with Crippen molar-refractivity contribution in [3.8, 4) is 5.75 Å². The summed E-state index contributed by atoms with van der Waals surface area (Å²) in [7, 11) is 0. The zero-order chi connectivity index (χ0) is 15.4. The molecule has 0 aromatic heterocycles. The van der Waals surface area contributed by atoms with Gasteiger partial charge in [-0.1, -0.05) is 29.8 Å². The average Bonchev–Trinajstić information content (AvgIpc) is 2.52. The lowest BCUT2D eigenvalue weighted by Crippen LogP contribution is -2.37. The number of rotatable bonds is 4. The maximum Gasteiger partial charge on any atom is 0.119 e. The van der Waals surface area contributed by atoms with Crippen molar-refractivity contribution in [1.29, 1.82) is 0 Å². The SMILES string of the molecule is Cc1ccc(OC2CCN(Cc3cccc(N)c3)CC2)cc1.Cl. The molecular weight excluding hydrogens is 308 g/mol. The Hall–Kier alpha value is -1.71. The van der Waals surface area contributed by atoms with Crippen LogP contribution in [0.15, 0.2) is 48.5 Å². The van der Waals surface area contributed by atoms with Crippen LogP contribution in [0.5, 0.6) is 5.75 Å². The number of halogens is 1. The topological polar surface area (TPSA) is 38.5 Å². The number of likely N-dealkylation sites (tertiary alicyclic amines) is 1. The molecular formula is C19H25ClN2O. The van der Waals surface area contributed by atoms with Crippen molar-refractivity contribution >= 4 is 18.1 Å². The summed E-state index contributed by atoms with van der Waals surface area (Å²) in [6.07, 6.45) is 2.49. The zero-order valence-corrected chi connectivity index (χ0v) is 14.4. The number of nitrogen functional groups attached to an aromatic ring is 1. The summed E-state index contributed by atoms with van der Waals surface area (Å²) in [5.41, 5.74) is 9.24. The smallest absolute Gasteiger partial charge is 0.119 e. The Labute approximate surface area is 144 Å². The van der Waals surface area contributed by atoms with E-state index in [0.717, 1.165) is 43.9 Å². The average molecular weight is 333 g/mol. The Bertz CT molecular complexity index is 607. The molecule has 4 heteroatoms. The fourth-order valence-electron chi connectivity index (χ4n) is 2.94. The maximum atomic E-state index is 6.08. The van der Waals surface area contributed by atoms with E-state index in [4.69, 9.17) is 10.5 Å². The molecule has 0 radical (unpaired) electrons. The number of benzene rings is 2. The van der Waals surface area contributed by atoms with E-state index < -0.39 is 0 Å². The predicted octanol–water partition coefficient (Wildman–Crippen LogP) is 4.04. The van der Waals surface area contributed by atoms with Crippen molar-refractivity contribution in [2.24, 2.45) is 0 Å². The zero-order valence-electron chi connectivity index (χ0n) is 13.6. The largest absolute Gasteiger partial charge is 0.490 e. The van der Waals surface area contributed by atoms with Gasteiger partial charge in [-0.2, -0.15) is 0 Å². The lowest BCUT2D eigenvalue weighted by atomic mass is 10.1. The Kier molecular flexibility index (Phi) is 6.31. The molecule has 1 aliphatic heterocycles. The summed E-state index contributed by atoms with van der Waals surface area (Å²) in [5.74, 6) is 0.986. The number of piperidine rings is 1. The number of nitrogens with zero attached hydrogens (tertiary/aromatic N) is 1. The van der Waals surface area contributed by atoms with Crippen molar-refractivity contribution in [1.82, 2.24) is 4.90 Å². The van der Waals surface area contributed by atoms with Gasteiger partial charge in [0.05, 0.1) is 0 Å². The van der Waals surface area contributed by atoms with Gasteiger partial charge < -0.3 is 10.5 Å². The van der Waals surface area contributed by atoms with Crippen LogP contribution in [-0.2, 0) is 6.54 Å². The first-order chi connectivity index (χ1) is 10.7. The van der Waals surface area contributed by atoms with E-state index in [0.29, 0.717) is 6.10 Å². The molecule has 2 aromatic rings. The molecule has 1 saturated heterocycles. The third-order valence-electron chi connectivity index (χ3n) is 4.22. The van der Waals surface area contributed by atoms with E-state index in [2.05, 4.69) is 48.2 Å². The first kappa shape index (κ1) is 17.6. The van der Waals surface area contributed by atoms with Crippen LogP contribution in [0.2, 0.25) is 0 Å². The van der Waals surface area contributed by atoms with Gasteiger partial charge in [-0.15, -0.1) is 12.4 Å². The van der Waals surface area contributed by atoms with Crippen LogP contribution in [-0.4, -0.2) is 24.1 Å². The molecule has 23 heavy (non-hydrogen) atoms. The van der Waals surface area contributed by atoms with E-state index in [-0.39, 0.29) is 12.4 Å². The Balaban J connectivity index is 0.00000192. The lowest BCUT2D eigenvalue weighted by molar-refractivity contribution is 0.0968. The molecule has 0 aliphatic carbocycles. The molecule has 1 aliphatic rings. The predicted molar refractivity (Wildman–Crippen MR) is 98.2 cm³/mol. The van der Waals surface area contributed by atoms with Crippen LogP contribution in [0.25, 0.3) is 0 Å². The van der Waals surface area contributed by atoms with Gasteiger partial charge in [0.15, 0.2) is 0 Å². The number of hydrogen-bond donors (Lipinski definition) is 1. The number of anilines is 1. The number of nitrogens with two attached hydrogens (primary N) is 1. The molecule has 3 rings (SSSR count). The fraction of sp³-hybridized carbons (Fsp3) is 0.368.